The first-order valence-corrected chi connectivity index (χ1v) is 0. The average molecular weight is 211 g/mol. The van der Waals surface area contributed by atoms with Gasteiger partial charge in [-0.1, -0.05) is 0 Å². The summed E-state index contributed by atoms with van der Waals surface area (Å²) in [7, 11) is 0. The third-order valence-corrected chi connectivity index (χ3v) is 0. The Bertz CT molecular complexity index is 6.00. The largest absolute Gasteiger partial charge is 0.412 e. The zero-order chi connectivity index (χ0) is 0. The Morgan fingerprint density at radius 3 is 0.750 bits per heavy atom. The molecule has 0 saturated heterocycles. The van der Waals surface area contributed by atoms with E-state index in [0.29, 0.717) is 0 Å². The van der Waals surface area contributed by atoms with E-state index in [2.05, 4.69) is 0 Å². The van der Waals surface area contributed by atoms with Crippen LogP contribution in [-0.4, -0.2) is 34.9 Å². The molecule has 0 rings (SSSR count). The molecule has 0 aromatic heterocycles. The minimum absolute atomic E-state index is 0. The van der Waals surface area contributed by atoms with Crippen LogP contribution < -0.4 is 0 Å². The molecule has 0 heterocycles. The van der Waals surface area contributed by atoms with Crippen LogP contribution >= 0.6 is 0 Å². The normalized spacial score (nSPS) is 0. The number of rotatable bonds is 0. The quantitative estimate of drug-likeness (QED) is 0.414. The van der Waals surface area contributed by atoms with Gasteiger partial charge in [0, 0.05) is 41.0 Å². The standard InChI is InChI=1S/Fe.2H2O.Sn/h;2*1H2;. The molecule has 0 aliphatic carbocycles. The summed E-state index contributed by atoms with van der Waals surface area (Å²) in [5.74, 6) is 0. The van der Waals surface area contributed by atoms with Crippen LogP contribution in [0, 0.1) is 0 Å². The van der Waals surface area contributed by atoms with E-state index < -0.39 is 0 Å². The summed E-state index contributed by atoms with van der Waals surface area (Å²) in [6, 6.07) is 0. The molecule has 2 nitrogen and oxygen atoms in total. The van der Waals surface area contributed by atoms with E-state index >= 15 is 0 Å². The maximum atomic E-state index is 0. The van der Waals surface area contributed by atoms with Crippen molar-refractivity contribution in [2.24, 2.45) is 0 Å². The van der Waals surface area contributed by atoms with Crippen LogP contribution in [0.2, 0.25) is 0 Å². The maximum Gasteiger partial charge on any atom is 0 e. The molecule has 0 bridgehead atoms. The van der Waals surface area contributed by atoms with Crippen LogP contribution in [-0.2, 0) is 17.1 Å². The fraction of sp³-hybridized carbons (Fsp3) is 0. The monoisotopic (exact) mass is 212 g/mol. The van der Waals surface area contributed by atoms with Gasteiger partial charge >= 0.3 is 0 Å². The van der Waals surface area contributed by atoms with Gasteiger partial charge in [0.1, 0.15) is 0 Å². The molecule has 0 spiro atoms. The van der Waals surface area contributed by atoms with E-state index in [-0.39, 0.29) is 51.9 Å². The Morgan fingerprint density at radius 1 is 0.750 bits per heavy atom. The topological polar surface area (TPSA) is 63.0 Å². The number of hydrogen-bond acceptors (Lipinski definition) is 0. The van der Waals surface area contributed by atoms with Gasteiger partial charge < -0.3 is 11.0 Å². The van der Waals surface area contributed by atoms with E-state index in [1.54, 1.807) is 0 Å². The van der Waals surface area contributed by atoms with Crippen LogP contribution in [0.3, 0.4) is 0 Å². The summed E-state index contributed by atoms with van der Waals surface area (Å²) >= 11 is 0. The Morgan fingerprint density at radius 2 is 0.750 bits per heavy atom. The molecule has 4 N–H and O–H groups in total. The average Bonchev–Trinajstić information content (AvgIpc) is 0. The molecule has 28 valence electrons. The molecule has 4 radical (unpaired) electrons. The van der Waals surface area contributed by atoms with Crippen molar-refractivity contribution in [2.45, 2.75) is 0 Å². The second kappa shape index (κ2) is 29.0. The summed E-state index contributed by atoms with van der Waals surface area (Å²) in [5, 5.41) is 0. The molecular weight excluding hydrogens is 207 g/mol. The summed E-state index contributed by atoms with van der Waals surface area (Å²) < 4.78 is 0. The second-order valence-electron chi connectivity index (χ2n) is 0. The van der Waals surface area contributed by atoms with Crippen LogP contribution in [0.1, 0.15) is 0 Å². The van der Waals surface area contributed by atoms with Crippen LogP contribution in [0.25, 0.3) is 0 Å². The SMILES string of the molecule is O.O.[Fe].[Sn]. The van der Waals surface area contributed by atoms with Gasteiger partial charge in [-0.3, -0.25) is 0 Å². The molecule has 0 fully saturated rings. The fourth-order valence-corrected chi connectivity index (χ4v) is 0. The number of hydrogen-bond donors (Lipinski definition) is 0. The molecule has 0 aromatic rings. The molecule has 0 saturated carbocycles. The van der Waals surface area contributed by atoms with E-state index in [9.17, 15) is 0 Å². The Labute approximate surface area is 52.0 Å². The Balaban J connectivity index is 0. The maximum absolute atomic E-state index is 0. The van der Waals surface area contributed by atoms with E-state index in [1.165, 1.54) is 0 Å². The van der Waals surface area contributed by atoms with Crippen molar-refractivity contribution in [2.75, 3.05) is 0 Å². The van der Waals surface area contributed by atoms with Crippen LogP contribution in [0.5, 0.6) is 0 Å². The van der Waals surface area contributed by atoms with Crippen molar-refractivity contribution in [1.29, 1.82) is 0 Å². The predicted molar refractivity (Wildman–Crippen MR) is 13.0 cm³/mol. The fourth-order valence-electron chi connectivity index (χ4n) is 0. The van der Waals surface area contributed by atoms with Crippen molar-refractivity contribution in [1.82, 2.24) is 0 Å². The van der Waals surface area contributed by atoms with Gasteiger partial charge in [0.2, 0.25) is 0 Å². The van der Waals surface area contributed by atoms with Gasteiger partial charge in [-0.2, -0.15) is 0 Å². The molecule has 0 unspecified atom stereocenters. The first kappa shape index (κ1) is 61.4. The molecular formula is H4FeO2Sn. The smallest absolute Gasteiger partial charge is 0 e. The summed E-state index contributed by atoms with van der Waals surface area (Å²) in [6.07, 6.45) is 0. The van der Waals surface area contributed by atoms with Crippen molar-refractivity contribution in [3.63, 3.8) is 0 Å². The minimum Gasteiger partial charge on any atom is -0.412 e. The molecule has 4 heteroatoms. The van der Waals surface area contributed by atoms with Gasteiger partial charge in [0.25, 0.3) is 0 Å². The summed E-state index contributed by atoms with van der Waals surface area (Å²) in [6.45, 7) is 0. The van der Waals surface area contributed by atoms with Gasteiger partial charge in [-0.25, -0.2) is 0 Å². The van der Waals surface area contributed by atoms with E-state index in [4.69, 9.17) is 0 Å². The van der Waals surface area contributed by atoms with Gasteiger partial charge in [-0.05, 0) is 0 Å². The Hall–Kier alpha value is 1.24. The van der Waals surface area contributed by atoms with Crippen LogP contribution in [0.4, 0.5) is 0 Å². The first-order valence-electron chi connectivity index (χ1n) is 0. The molecule has 4 heavy (non-hydrogen) atoms. The molecule has 0 aromatic carbocycles. The van der Waals surface area contributed by atoms with Crippen molar-refractivity contribution in [3.8, 4) is 0 Å². The first-order chi connectivity index (χ1) is 0. The van der Waals surface area contributed by atoms with E-state index in [0.717, 1.165) is 0 Å². The molecule has 0 amide bonds. The minimum atomic E-state index is 0. The summed E-state index contributed by atoms with van der Waals surface area (Å²) in [5.41, 5.74) is 0. The third-order valence-electron chi connectivity index (χ3n) is 0. The zero-order valence-electron chi connectivity index (χ0n) is 1.85. The predicted octanol–water partition coefficient (Wildman–Crippen LogP) is -2.03. The van der Waals surface area contributed by atoms with Gasteiger partial charge in [-0.15, -0.1) is 0 Å². The van der Waals surface area contributed by atoms with Crippen LogP contribution in [0.15, 0.2) is 0 Å². The van der Waals surface area contributed by atoms with Crippen molar-refractivity contribution < 1.29 is 28.0 Å². The summed E-state index contributed by atoms with van der Waals surface area (Å²) in [4.78, 5) is 0. The van der Waals surface area contributed by atoms with Gasteiger partial charge in [0.15, 0.2) is 0 Å². The third kappa shape index (κ3) is 10.6. The second-order valence-corrected chi connectivity index (χ2v) is 0. The van der Waals surface area contributed by atoms with Crippen molar-refractivity contribution in [3.05, 3.63) is 0 Å². The van der Waals surface area contributed by atoms with Crippen molar-refractivity contribution >= 4 is 23.9 Å². The Kier molecular flexibility index (Phi) is 445. The molecule has 0 atom stereocenters. The zero-order valence-corrected chi connectivity index (χ0v) is 5.81. The van der Waals surface area contributed by atoms with E-state index in [1.807, 2.05) is 0 Å². The molecule has 0 aliphatic rings. The van der Waals surface area contributed by atoms with Gasteiger partial charge in [0.05, 0.1) is 0 Å². The molecule has 0 aliphatic heterocycles.